The highest BCUT2D eigenvalue weighted by Gasteiger charge is 2.25. The number of carbonyl (C=O) groups excluding carboxylic acids is 1. The molecule has 1 aromatic heterocycles. The lowest BCUT2D eigenvalue weighted by atomic mass is 9.90. The quantitative estimate of drug-likeness (QED) is 0.702. The molecular weight excluding hydrogens is 244 g/mol. The molecule has 0 radical (unpaired) electrons. The summed E-state index contributed by atoms with van der Waals surface area (Å²) in [5, 5.41) is 19.5. The molecule has 98 valence electrons. The Kier molecular flexibility index (Phi) is 3.20. The highest BCUT2D eigenvalue weighted by molar-refractivity contribution is 5.84. The topological polar surface area (TPSA) is 95.6 Å². The SMILES string of the molecule is O=C(NCc1nn[nH]n1)C1CNCc2ccccc21. The zero-order valence-electron chi connectivity index (χ0n) is 10.3. The van der Waals surface area contributed by atoms with Crippen molar-refractivity contribution < 1.29 is 4.79 Å². The van der Waals surface area contributed by atoms with E-state index >= 15 is 0 Å². The number of aromatic nitrogens is 4. The summed E-state index contributed by atoms with van der Waals surface area (Å²) in [6, 6.07) is 8.00. The van der Waals surface area contributed by atoms with Crippen molar-refractivity contribution in [3.8, 4) is 0 Å². The largest absolute Gasteiger partial charge is 0.348 e. The molecule has 0 saturated heterocycles. The Morgan fingerprint density at radius 1 is 1.42 bits per heavy atom. The van der Waals surface area contributed by atoms with Gasteiger partial charge in [-0.25, -0.2) is 0 Å². The summed E-state index contributed by atoms with van der Waals surface area (Å²) in [6.45, 7) is 1.74. The number of carbonyl (C=O) groups is 1. The smallest absolute Gasteiger partial charge is 0.229 e. The first-order valence-electron chi connectivity index (χ1n) is 6.13. The van der Waals surface area contributed by atoms with Gasteiger partial charge in [0.25, 0.3) is 0 Å². The number of hydrogen-bond donors (Lipinski definition) is 3. The van der Waals surface area contributed by atoms with Crippen LogP contribution in [0.3, 0.4) is 0 Å². The lowest BCUT2D eigenvalue weighted by Crippen LogP contribution is -2.38. The second kappa shape index (κ2) is 5.15. The van der Waals surface area contributed by atoms with Crippen molar-refractivity contribution in [3.05, 3.63) is 41.2 Å². The van der Waals surface area contributed by atoms with Crippen molar-refractivity contribution in [1.82, 2.24) is 31.3 Å². The highest BCUT2D eigenvalue weighted by atomic mass is 16.1. The zero-order valence-corrected chi connectivity index (χ0v) is 10.3. The van der Waals surface area contributed by atoms with Crippen LogP contribution < -0.4 is 10.6 Å². The van der Waals surface area contributed by atoms with E-state index in [0.29, 0.717) is 12.4 Å². The standard InChI is InChI=1S/C12H14N6O/c19-12(14-7-11-15-17-18-16-11)10-6-13-5-8-3-1-2-4-9(8)10/h1-4,10,13H,5-7H2,(H,14,19)(H,15,16,17,18). The second-order valence-electron chi connectivity index (χ2n) is 4.43. The molecule has 1 aromatic carbocycles. The fourth-order valence-corrected chi connectivity index (χ4v) is 2.28. The summed E-state index contributed by atoms with van der Waals surface area (Å²) in [7, 11) is 0. The first-order valence-corrected chi connectivity index (χ1v) is 6.13. The normalized spacial score (nSPS) is 17.8. The first-order chi connectivity index (χ1) is 9.34. The van der Waals surface area contributed by atoms with Crippen LogP contribution in [0.5, 0.6) is 0 Å². The second-order valence-corrected chi connectivity index (χ2v) is 4.43. The first kappa shape index (κ1) is 11.8. The summed E-state index contributed by atoms with van der Waals surface area (Å²) < 4.78 is 0. The number of nitrogens with one attached hydrogen (secondary N) is 3. The van der Waals surface area contributed by atoms with Gasteiger partial charge in [0, 0.05) is 13.1 Å². The zero-order chi connectivity index (χ0) is 13.1. The molecule has 19 heavy (non-hydrogen) atoms. The molecule has 1 unspecified atom stereocenters. The van der Waals surface area contributed by atoms with Crippen molar-refractivity contribution in [3.63, 3.8) is 0 Å². The molecule has 0 spiro atoms. The highest BCUT2D eigenvalue weighted by Crippen LogP contribution is 2.23. The number of hydrogen-bond acceptors (Lipinski definition) is 5. The number of amides is 1. The molecule has 2 aromatic rings. The molecule has 3 N–H and O–H groups in total. The third-order valence-corrected chi connectivity index (χ3v) is 3.22. The number of H-pyrrole nitrogens is 1. The van der Waals surface area contributed by atoms with Crippen LogP contribution in [-0.2, 0) is 17.9 Å². The molecular formula is C12H14N6O. The van der Waals surface area contributed by atoms with E-state index in [-0.39, 0.29) is 18.4 Å². The summed E-state index contributed by atoms with van der Waals surface area (Å²) in [5.74, 6) is 0.284. The van der Waals surface area contributed by atoms with Crippen LogP contribution in [0.2, 0.25) is 0 Å². The predicted octanol–water partition coefficient (Wildman–Crippen LogP) is -0.297. The van der Waals surface area contributed by atoms with Gasteiger partial charge in [0.2, 0.25) is 5.91 Å². The number of nitrogens with zero attached hydrogens (tertiary/aromatic N) is 3. The van der Waals surface area contributed by atoms with Gasteiger partial charge in [-0.1, -0.05) is 29.5 Å². The number of fused-ring (bicyclic) bond motifs is 1. The minimum Gasteiger partial charge on any atom is -0.348 e. The average Bonchev–Trinajstić information content (AvgIpc) is 2.97. The van der Waals surface area contributed by atoms with Gasteiger partial charge in [0.1, 0.15) is 0 Å². The molecule has 7 nitrogen and oxygen atoms in total. The molecule has 2 heterocycles. The van der Waals surface area contributed by atoms with E-state index in [1.807, 2.05) is 24.3 Å². The molecule has 0 fully saturated rings. The Morgan fingerprint density at radius 2 is 2.32 bits per heavy atom. The van der Waals surface area contributed by atoms with E-state index in [4.69, 9.17) is 0 Å². The Balaban J connectivity index is 1.71. The fraction of sp³-hybridized carbons (Fsp3) is 0.333. The van der Waals surface area contributed by atoms with Gasteiger partial charge in [-0.05, 0) is 11.1 Å². The van der Waals surface area contributed by atoms with Gasteiger partial charge in [0.05, 0.1) is 12.5 Å². The van der Waals surface area contributed by atoms with Crippen molar-refractivity contribution in [2.75, 3.05) is 6.54 Å². The number of rotatable bonds is 3. The third-order valence-electron chi connectivity index (χ3n) is 3.22. The van der Waals surface area contributed by atoms with Crippen LogP contribution in [0.15, 0.2) is 24.3 Å². The number of tetrazole rings is 1. The molecule has 3 rings (SSSR count). The average molecular weight is 258 g/mol. The molecule has 1 aliphatic heterocycles. The van der Waals surface area contributed by atoms with Gasteiger partial charge in [-0.3, -0.25) is 4.79 Å². The maximum absolute atomic E-state index is 12.2. The third kappa shape index (κ3) is 2.45. The minimum absolute atomic E-state index is 0.0237. The Bertz CT molecular complexity index is 567. The fourth-order valence-electron chi connectivity index (χ4n) is 2.28. The maximum Gasteiger partial charge on any atom is 0.229 e. The van der Waals surface area contributed by atoms with Gasteiger partial charge in [-0.15, -0.1) is 10.2 Å². The molecule has 0 aliphatic carbocycles. The lowest BCUT2D eigenvalue weighted by molar-refractivity contribution is -0.122. The Labute approximate surface area is 109 Å². The van der Waals surface area contributed by atoms with Gasteiger partial charge >= 0.3 is 0 Å². The number of aromatic amines is 1. The predicted molar refractivity (Wildman–Crippen MR) is 66.9 cm³/mol. The molecule has 1 amide bonds. The lowest BCUT2D eigenvalue weighted by Gasteiger charge is -2.25. The van der Waals surface area contributed by atoms with Crippen LogP contribution in [0.25, 0.3) is 0 Å². The van der Waals surface area contributed by atoms with Crippen LogP contribution in [0, 0.1) is 0 Å². The summed E-state index contributed by atoms with van der Waals surface area (Å²) in [5.41, 5.74) is 2.26. The summed E-state index contributed by atoms with van der Waals surface area (Å²) in [4.78, 5) is 12.2. The van der Waals surface area contributed by atoms with Gasteiger partial charge in [0.15, 0.2) is 5.82 Å². The van der Waals surface area contributed by atoms with Crippen molar-refractivity contribution in [1.29, 1.82) is 0 Å². The minimum atomic E-state index is -0.170. The molecule has 0 bridgehead atoms. The molecule has 0 saturated carbocycles. The maximum atomic E-state index is 12.2. The Hall–Kier alpha value is -2.28. The monoisotopic (exact) mass is 258 g/mol. The molecule has 1 aliphatic rings. The van der Waals surface area contributed by atoms with Crippen LogP contribution in [-0.4, -0.2) is 33.1 Å². The van der Waals surface area contributed by atoms with Gasteiger partial charge < -0.3 is 10.6 Å². The van der Waals surface area contributed by atoms with Crippen LogP contribution >= 0.6 is 0 Å². The van der Waals surface area contributed by atoms with Crippen molar-refractivity contribution in [2.45, 2.75) is 19.0 Å². The molecule has 7 heteroatoms. The number of benzene rings is 1. The van der Waals surface area contributed by atoms with E-state index in [2.05, 4.69) is 31.3 Å². The Morgan fingerprint density at radius 3 is 3.16 bits per heavy atom. The van der Waals surface area contributed by atoms with Crippen LogP contribution in [0.1, 0.15) is 22.9 Å². The van der Waals surface area contributed by atoms with E-state index in [9.17, 15) is 4.79 Å². The van der Waals surface area contributed by atoms with Crippen molar-refractivity contribution in [2.24, 2.45) is 0 Å². The van der Waals surface area contributed by atoms with E-state index in [0.717, 1.165) is 12.1 Å². The van der Waals surface area contributed by atoms with Crippen molar-refractivity contribution >= 4 is 5.91 Å². The van der Waals surface area contributed by atoms with Gasteiger partial charge in [-0.2, -0.15) is 5.21 Å². The van der Waals surface area contributed by atoms with E-state index < -0.39 is 0 Å². The van der Waals surface area contributed by atoms with Crippen LogP contribution in [0.4, 0.5) is 0 Å². The van der Waals surface area contributed by atoms with E-state index in [1.165, 1.54) is 5.56 Å². The summed E-state index contributed by atoms with van der Waals surface area (Å²) in [6.07, 6.45) is 0. The summed E-state index contributed by atoms with van der Waals surface area (Å²) >= 11 is 0. The molecule has 1 atom stereocenters. The van der Waals surface area contributed by atoms with E-state index in [1.54, 1.807) is 0 Å².